The first-order valence-electron chi connectivity index (χ1n) is 9.01. The Labute approximate surface area is 157 Å². The predicted octanol–water partition coefficient (Wildman–Crippen LogP) is 2.61. The van der Waals surface area contributed by atoms with Gasteiger partial charge in [0.25, 0.3) is 0 Å². The van der Waals surface area contributed by atoms with Gasteiger partial charge in [-0.15, -0.1) is 0 Å². The molecule has 1 heterocycles. The number of rotatable bonds is 6. The molecule has 1 aliphatic rings. The molecule has 7 heteroatoms. The molecule has 0 saturated carbocycles. The second kappa shape index (κ2) is 8.50. The second-order valence-corrected chi connectivity index (χ2v) is 9.91. The molecule has 0 radical (unpaired) electrons. The van der Waals surface area contributed by atoms with E-state index in [9.17, 15) is 13.2 Å². The number of hydrogen-bond donors (Lipinski definition) is 1. The zero-order valence-corrected chi connectivity index (χ0v) is 16.9. The van der Waals surface area contributed by atoms with Crippen LogP contribution < -0.4 is 5.32 Å². The first-order chi connectivity index (χ1) is 12.1. The number of sulfonamides is 1. The lowest BCUT2D eigenvalue weighted by atomic mass is 9.87. The van der Waals surface area contributed by atoms with Crippen molar-refractivity contribution in [3.63, 3.8) is 0 Å². The van der Waals surface area contributed by atoms with Crippen LogP contribution in [0.5, 0.6) is 0 Å². The molecule has 1 amide bonds. The number of anilines is 1. The van der Waals surface area contributed by atoms with E-state index in [0.717, 1.165) is 5.69 Å². The molecule has 2 rings (SSSR count). The standard InChI is InChI=1S/C19H30N2O4S/c1-19(2,3)16-7-9-17(10-8-16)20-18(22)15-6-5-11-21(14-15)26(23,24)13-12-25-4/h7-10,15H,5-6,11-14H2,1-4H3,(H,20,22). The van der Waals surface area contributed by atoms with Crippen LogP contribution in [0.15, 0.2) is 24.3 Å². The van der Waals surface area contributed by atoms with Gasteiger partial charge in [0.05, 0.1) is 18.3 Å². The number of hydrogen-bond acceptors (Lipinski definition) is 4. The van der Waals surface area contributed by atoms with Gasteiger partial charge in [0, 0.05) is 25.9 Å². The van der Waals surface area contributed by atoms with Crippen LogP contribution in [0, 0.1) is 5.92 Å². The van der Waals surface area contributed by atoms with Crippen molar-refractivity contribution in [1.82, 2.24) is 4.31 Å². The van der Waals surface area contributed by atoms with Gasteiger partial charge in [-0.2, -0.15) is 0 Å². The molecule has 1 aromatic carbocycles. The molecule has 1 N–H and O–H groups in total. The van der Waals surface area contributed by atoms with E-state index in [1.54, 1.807) is 0 Å². The Morgan fingerprint density at radius 2 is 1.92 bits per heavy atom. The molecule has 1 fully saturated rings. The van der Waals surface area contributed by atoms with Gasteiger partial charge in [0.15, 0.2) is 0 Å². The minimum Gasteiger partial charge on any atom is -0.384 e. The molecular formula is C19H30N2O4S. The maximum Gasteiger partial charge on any atom is 0.228 e. The number of nitrogens with zero attached hydrogens (tertiary/aromatic N) is 1. The highest BCUT2D eigenvalue weighted by Crippen LogP contribution is 2.25. The third-order valence-corrected chi connectivity index (χ3v) is 6.51. The molecule has 0 aromatic heterocycles. The number of carbonyl (C=O) groups is 1. The van der Waals surface area contributed by atoms with E-state index in [1.165, 1.54) is 17.0 Å². The van der Waals surface area contributed by atoms with E-state index in [0.29, 0.717) is 19.4 Å². The maximum absolute atomic E-state index is 12.6. The molecule has 1 unspecified atom stereocenters. The minimum atomic E-state index is -3.38. The molecule has 146 valence electrons. The highest BCUT2D eigenvalue weighted by molar-refractivity contribution is 7.89. The largest absolute Gasteiger partial charge is 0.384 e. The quantitative estimate of drug-likeness (QED) is 0.821. The number of nitrogens with one attached hydrogen (secondary N) is 1. The monoisotopic (exact) mass is 382 g/mol. The lowest BCUT2D eigenvalue weighted by Crippen LogP contribution is -2.45. The van der Waals surface area contributed by atoms with E-state index in [-0.39, 0.29) is 36.1 Å². The molecule has 26 heavy (non-hydrogen) atoms. The van der Waals surface area contributed by atoms with Crippen molar-refractivity contribution >= 4 is 21.6 Å². The minimum absolute atomic E-state index is 0.0495. The Morgan fingerprint density at radius 3 is 2.50 bits per heavy atom. The van der Waals surface area contributed by atoms with Crippen molar-refractivity contribution in [3.05, 3.63) is 29.8 Å². The van der Waals surface area contributed by atoms with Gasteiger partial charge in [-0.05, 0) is 36.0 Å². The lowest BCUT2D eigenvalue weighted by molar-refractivity contribution is -0.120. The summed E-state index contributed by atoms with van der Waals surface area (Å²) in [6.07, 6.45) is 1.38. The van der Waals surface area contributed by atoms with E-state index in [4.69, 9.17) is 4.74 Å². The van der Waals surface area contributed by atoms with Crippen molar-refractivity contribution in [1.29, 1.82) is 0 Å². The van der Waals surface area contributed by atoms with Crippen molar-refractivity contribution in [2.45, 2.75) is 39.0 Å². The summed E-state index contributed by atoms with van der Waals surface area (Å²) in [6.45, 7) is 7.29. The van der Waals surface area contributed by atoms with E-state index in [2.05, 4.69) is 26.1 Å². The van der Waals surface area contributed by atoms with Gasteiger partial charge < -0.3 is 10.1 Å². The van der Waals surface area contributed by atoms with E-state index >= 15 is 0 Å². The van der Waals surface area contributed by atoms with Gasteiger partial charge in [-0.3, -0.25) is 4.79 Å². The Hall–Kier alpha value is -1.44. The summed E-state index contributed by atoms with van der Waals surface area (Å²) in [5, 5.41) is 2.92. The fraction of sp³-hybridized carbons (Fsp3) is 0.632. The average Bonchev–Trinajstić information content (AvgIpc) is 2.60. The number of ether oxygens (including phenoxy) is 1. The van der Waals surface area contributed by atoms with Crippen LogP contribution in [0.2, 0.25) is 0 Å². The van der Waals surface area contributed by atoms with Gasteiger partial charge in [-0.25, -0.2) is 12.7 Å². The fourth-order valence-electron chi connectivity index (χ4n) is 3.02. The molecule has 1 aliphatic heterocycles. The zero-order chi connectivity index (χ0) is 19.4. The number of benzene rings is 1. The van der Waals surface area contributed by atoms with Crippen LogP contribution in [-0.2, 0) is 25.0 Å². The Bertz CT molecular complexity index is 708. The smallest absolute Gasteiger partial charge is 0.228 e. The Morgan fingerprint density at radius 1 is 1.27 bits per heavy atom. The molecule has 0 bridgehead atoms. The Balaban J connectivity index is 1.99. The third-order valence-electron chi connectivity index (χ3n) is 4.71. The molecule has 6 nitrogen and oxygen atoms in total. The molecule has 1 aromatic rings. The average molecular weight is 383 g/mol. The maximum atomic E-state index is 12.6. The van der Waals surface area contributed by atoms with Crippen LogP contribution in [0.1, 0.15) is 39.2 Å². The fourth-order valence-corrected chi connectivity index (χ4v) is 4.47. The number of carbonyl (C=O) groups excluding carboxylic acids is 1. The van der Waals surface area contributed by atoms with Gasteiger partial charge in [-0.1, -0.05) is 32.9 Å². The first-order valence-corrected chi connectivity index (χ1v) is 10.6. The zero-order valence-electron chi connectivity index (χ0n) is 16.1. The molecular weight excluding hydrogens is 352 g/mol. The summed E-state index contributed by atoms with van der Waals surface area (Å²) in [5.74, 6) is -0.505. The van der Waals surface area contributed by atoms with Crippen molar-refractivity contribution in [2.24, 2.45) is 5.92 Å². The second-order valence-electron chi connectivity index (χ2n) is 7.82. The number of piperidine rings is 1. The summed E-state index contributed by atoms with van der Waals surface area (Å²) < 4.78 is 30.9. The molecule has 1 saturated heterocycles. The number of methoxy groups -OCH3 is 1. The molecule has 0 aliphatic carbocycles. The predicted molar refractivity (Wildman–Crippen MR) is 104 cm³/mol. The summed E-state index contributed by atoms with van der Waals surface area (Å²) in [7, 11) is -1.90. The summed E-state index contributed by atoms with van der Waals surface area (Å²) >= 11 is 0. The highest BCUT2D eigenvalue weighted by atomic mass is 32.2. The summed E-state index contributed by atoms with van der Waals surface area (Å²) in [6, 6.07) is 7.82. The molecule has 0 spiro atoms. The van der Waals surface area contributed by atoms with Gasteiger partial charge >= 0.3 is 0 Å². The lowest BCUT2D eigenvalue weighted by Gasteiger charge is -2.31. The van der Waals surface area contributed by atoms with E-state index < -0.39 is 10.0 Å². The van der Waals surface area contributed by atoms with Crippen LogP contribution in [0.4, 0.5) is 5.69 Å². The SMILES string of the molecule is COCCS(=O)(=O)N1CCCC(C(=O)Nc2ccc(C(C)(C)C)cc2)C1. The van der Waals surface area contributed by atoms with Crippen molar-refractivity contribution in [3.8, 4) is 0 Å². The van der Waals surface area contributed by atoms with Crippen molar-refractivity contribution in [2.75, 3.05) is 37.9 Å². The Kier molecular flexibility index (Phi) is 6.82. The van der Waals surface area contributed by atoms with Crippen LogP contribution in [0.25, 0.3) is 0 Å². The topological polar surface area (TPSA) is 75.7 Å². The van der Waals surface area contributed by atoms with Gasteiger partial charge in [0.1, 0.15) is 0 Å². The summed E-state index contributed by atoms with van der Waals surface area (Å²) in [5.41, 5.74) is 1.99. The molecule has 1 atom stereocenters. The van der Waals surface area contributed by atoms with Crippen LogP contribution in [-0.4, -0.2) is 51.2 Å². The van der Waals surface area contributed by atoms with Crippen LogP contribution >= 0.6 is 0 Å². The third kappa shape index (κ3) is 5.53. The highest BCUT2D eigenvalue weighted by Gasteiger charge is 2.32. The summed E-state index contributed by atoms with van der Waals surface area (Å²) in [4.78, 5) is 12.6. The normalized spacial score (nSPS) is 19.3. The van der Waals surface area contributed by atoms with E-state index in [1.807, 2.05) is 24.3 Å². The first kappa shape index (κ1) is 20.9. The van der Waals surface area contributed by atoms with Gasteiger partial charge in [0.2, 0.25) is 15.9 Å². The van der Waals surface area contributed by atoms with Crippen LogP contribution in [0.3, 0.4) is 0 Å². The number of amides is 1. The van der Waals surface area contributed by atoms with Crippen molar-refractivity contribution < 1.29 is 17.9 Å².